The summed E-state index contributed by atoms with van der Waals surface area (Å²) in [4.78, 5) is 16.7. The first-order valence-electron chi connectivity index (χ1n) is 10.3. The lowest BCUT2D eigenvalue weighted by molar-refractivity contribution is -0.116. The average molecular weight is 522 g/mol. The number of amides is 1. The van der Waals surface area contributed by atoms with Gasteiger partial charge in [-0.15, -0.1) is 24.0 Å². The summed E-state index contributed by atoms with van der Waals surface area (Å²) >= 11 is 0. The number of aliphatic imine (C=N–C) groups is 1. The number of rotatable bonds is 8. The first-order chi connectivity index (χ1) is 14.2. The number of ether oxygens (including phenoxy) is 1. The fraction of sp³-hybridized carbons (Fsp3) is 0.391. The summed E-state index contributed by atoms with van der Waals surface area (Å²) < 4.78 is 5.44. The van der Waals surface area contributed by atoms with Crippen LogP contribution in [-0.4, -0.2) is 31.6 Å². The Kier molecular flexibility index (Phi) is 10.1. The standard InChI is InChI=1S/C23H30N4O2.HI/c1-3-24-23(25-14-17-9-11-18(12-10-17)16-29-4-2)26-15-19-13-22(28)27-21-8-6-5-7-20(19)21;/h5-12,19H,3-4,13-16H2,1-2H3,(H,27,28)(H2,24,25,26);1H. The van der Waals surface area contributed by atoms with Gasteiger partial charge in [0, 0.05) is 37.7 Å². The molecule has 3 rings (SSSR count). The van der Waals surface area contributed by atoms with Gasteiger partial charge in [-0.25, -0.2) is 4.99 Å². The van der Waals surface area contributed by atoms with Gasteiger partial charge in [-0.1, -0.05) is 42.5 Å². The van der Waals surface area contributed by atoms with Crippen molar-refractivity contribution in [2.24, 2.45) is 4.99 Å². The van der Waals surface area contributed by atoms with Crippen molar-refractivity contribution in [2.45, 2.75) is 39.3 Å². The molecule has 1 amide bonds. The van der Waals surface area contributed by atoms with Gasteiger partial charge >= 0.3 is 0 Å². The van der Waals surface area contributed by atoms with Crippen LogP contribution < -0.4 is 16.0 Å². The Morgan fingerprint density at radius 2 is 1.83 bits per heavy atom. The van der Waals surface area contributed by atoms with Crippen molar-refractivity contribution in [3.8, 4) is 0 Å². The maximum atomic E-state index is 12.0. The molecule has 2 aromatic rings. The quantitative estimate of drug-likeness (QED) is 0.278. The number of para-hydroxylation sites is 1. The Bertz CT molecular complexity index is 839. The molecule has 1 heterocycles. The third kappa shape index (κ3) is 6.98. The fourth-order valence-corrected chi connectivity index (χ4v) is 3.38. The van der Waals surface area contributed by atoms with Crippen LogP contribution in [-0.2, 0) is 22.7 Å². The molecule has 0 aromatic heterocycles. The zero-order valence-electron chi connectivity index (χ0n) is 17.6. The van der Waals surface area contributed by atoms with E-state index in [1.807, 2.05) is 32.0 Å². The van der Waals surface area contributed by atoms with E-state index in [9.17, 15) is 4.79 Å². The van der Waals surface area contributed by atoms with Gasteiger partial charge in [0.2, 0.25) is 5.91 Å². The second kappa shape index (κ2) is 12.5. The summed E-state index contributed by atoms with van der Waals surface area (Å²) in [7, 11) is 0. The monoisotopic (exact) mass is 522 g/mol. The molecule has 1 aliphatic rings. The van der Waals surface area contributed by atoms with Crippen LogP contribution in [0.3, 0.4) is 0 Å². The van der Waals surface area contributed by atoms with Gasteiger partial charge in [0.15, 0.2) is 5.96 Å². The third-order valence-electron chi connectivity index (χ3n) is 4.88. The molecule has 0 spiro atoms. The number of guanidine groups is 1. The minimum absolute atomic E-state index is 0. The molecule has 0 saturated heterocycles. The van der Waals surface area contributed by atoms with Gasteiger partial charge in [0.1, 0.15) is 0 Å². The van der Waals surface area contributed by atoms with E-state index in [1.54, 1.807) is 0 Å². The summed E-state index contributed by atoms with van der Waals surface area (Å²) in [6.07, 6.45) is 0.477. The highest BCUT2D eigenvalue weighted by molar-refractivity contribution is 14.0. The zero-order valence-corrected chi connectivity index (χ0v) is 19.9. The highest BCUT2D eigenvalue weighted by Crippen LogP contribution is 2.31. The number of nitrogens with zero attached hydrogens (tertiary/aromatic N) is 1. The highest BCUT2D eigenvalue weighted by atomic mass is 127. The molecule has 1 atom stereocenters. The number of fused-ring (bicyclic) bond motifs is 1. The lowest BCUT2D eigenvalue weighted by Crippen LogP contribution is -2.40. The largest absolute Gasteiger partial charge is 0.377 e. The van der Waals surface area contributed by atoms with E-state index in [4.69, 9.17) is 9.73 Å². The molecule has 7 heteroatoms. The normalized spacial score (nSPS) is 15.6. The summed E-state index contributed by atoms with van der Waals surface area (Å²) in [5.41, 5.74) is 4.38. The molecule has 0 bridgehead atoms. The number of benzene rings is 2. The predicted molar refractivity (Wildman–Crippen MR) is 132 cm³/mol. The Labute approximate surface area is 195 Å². The van der Waals surface area contributed by atoms with Crippen molar-refractivity contribution in [1.82, 2.24) is 10.6 Å². The molecule has 6 nitrogen and oxygen atoms in total. The molecule has 1 aliphatic heterocycles. The first-order valence-corrected chi connectivity index (χ1v) is 10.3. The van der Waals surface area contributed by atoms with Crippen molar-refractivity contribution in [2.75, 3.05) is 25.0 Å². The Hall–Kier alpha value is -2.13. The molecular formula is C23H31IN4O2. The molecule has 30 heavy (non-hydrogen) atoms. The van der Waals surface area contributed by atoms with Crippen molar-refractivity contribution < 1.29 is 9.53 Å². The van der Waals surface area contributed by atoms with Crippen LogP contribution in [0.15, 0.2) is 53.5 Å². The van der Waals surface area contributed by atoms with Crippen LogP contribution in [0.5, 0.6) is 0 Å². The van der Waals surface area contributed by atoms with Gasteiger partial charge in [0.25, 0.3) is 0 Å². The minimum Gasteiger partial charge on any atom is -0.377 e. The molecule has 0 saturated carbocycles. The summed E-state index contributed by atoms with van der Waals surface area (Å²) in [6, 6.07) is 16.3. The maximum Gasteiger partial charge on any atom is 0.225 e. The molecular weight excluding hydrogens is 491 g/mol. The SMILES string of the molecule is CCNC(=NCc1ccc(COCC)cc1)NCC1CC(=O)Nc2ccccc21.I. The topological polar surface area (TPSA) is 74.8 Å². The maximum absolute atomic E-state index is 12.0. The van der Waals surface area contributed by atoms with Crippen LogP contribution in [0.25, 0.3) is 0 Å². The minimum atomic E-state index is 0. The molecule has 0 radical (unpaired) electrons. The molecule has 2 aromatic carbocycles. The van der Waals surface area contributed by atoms with Gasteiger partial charge in [-0.2, -0.15) is 0 Å². The van der Waals surface area contributed by atoms with E-state index >= 15 is 0 Å². The summed E-state index contributed by atoms with van der Waals surface area (Å²) in [5, 5.41) is 9.63. The number of hydrogen-bond donors (Lipinski definition) is 3. The number of nitrogens with one attached hydrogen (secondary N) is 3. The third-order valence-corrected chi connectivity index (χ3v) is 4.88. The summed E-state index contributed by atoms with van der Waals surface area (Å²) in [6.45, 7) is 7.42. The average Bonchev–Trinajstić information content (AvgIpc) is 2.74. The van der Waals surface area contributed by atoms with E-state index in [1.165, 1.54) is 11.1 Å². The molecule has 162 valence electrons. The second-order valence-corrected chi connectivity index (χ2v) is 7.07. The van der Waals surface area contributed by atoms with Crippen molar-refractivity contribution in [3.05, 3.63) is 65.2 Å². The van der Waals surface area contributed by atoms with Gasteiger partial charge in [-0.3, -0.25) is 4.79 Å². The van der Waals surface area contributed by atoms with Crippen LogP contribution >= 0.6 is 24.0 Å². The Balaban J connectivity index is 0.00000320. The van der Waals surface area contributed by atoms with Crippen molar-refractivity contribution in [1.29, 1.82) is 0 Å². The van der Waals surface area contributed by atoms with Crippen molar-refractivity contribution in [3.63, 3.8) is 0 Å². The second-order valence-electron chi connectivity index (χ2n) is 7.07. The smallest absolute Gasteiger partial charge is 0.225 e. The fourth-order valence-electron chi connectivity index (χ4n) is 3.38. The van der Waals surface area contributed by atoms with E-state index < -0.39 is 0 Å². The number of carbonyl (C=O) groups excluding carboxylic acids is 1. The van der Waals surface area contributed by atoms with E-state index in [0.717, 1.165) is 30.4 Å². The van der Waals surface area contributed by atoms with E-state index in [0.29, 0.717) is 26.1 Å². The molecule has 3 N–H and O–H groups in total. The van der Waals surface area contributed by atoms with Crippen LogP contribution in [0.2, 0.25) is 0 Å². The van der Waals surface area contributed by atoms with E-state index in [-0.39, 0.29) is 35.8 Å². The van der Waals surface area contributed by atoms with E-state index in [2.05, 4.69) is 46.3 Å². The van der Waals surface area contributed by atoms with Gasteiger partial charge in [-0.05, 0) is 36.6 Å². The number of carbonyl (C=O) groups is 1. The van der Waals surface area contributed by atoms with Crippen LogP contribution in [0.1, 0.15) is 42.9 Å². The van der Waals surface area contributed by atoms with Crippen molar-refractivity contribution >= 4 is 41.5 Å². The zero-order chi connectivity index (χ0) is 20.5. The number of halogens is 1. The molecule has 0 aliphatic carbocycles. The molecule has 0 fully saturated rings. The lowest BCUT2D eigenvalue weighted by atomic mass is 9.90. The first kappa shape index (κ1) is 24.1. The predicted octanol–water partition coefficient (Wildman–Crippen LogP) is 4.02. The number of hydrogen-bond acceptors (Lipinski definition) is 3. The summed E-state index contributed by atoms with van der Waals surface area (Å²) in [5.74, 6) is 0.945. The van der Waals surface area contributed by atoms with Gasteiger partial charge < -0.3 is 20.7 Å². The number of anilines is 1. The molecule has 1 unspecified atom stereocenters. The Morgan fingerprint density at radius 3 is 2.57 bits per heavy atom. The Morgan fingerprint density at radius 1 is 1.10 bits per heavy atom. The lowest BCUT2D eigenvalue weighted by Gasteiger charge is -2.26. The van der Waals surface area contributed by atoms with Gasteiger partial charge in [0.05, 0.1) is 13.2 Å². The van der Waals surface area contributed by atoms with Crippen LogP contribution in [0.4, 0.5) is 5.69 Å². The highest BCUT2D eigenvalue weighted by Gasteiger charge is 2.24. The van der Waals surface area contributed by atoms with Crippen LogP contribution in [0, 0.1) is 0 Å².